The van der Waals surface area contributed by atoms with Gasteiger partial charge in [-0.3, -0.25) is 4.79 Å². The summed E-state index contributed by atoms with van der Waals surface area (Å²) in [6.45, 7) is 1.18. The van der Waals surface area contributed by atoms with Crippen molar-refractivity contribution in [2.75, 3.05) is 33.9 Å². The fourth-order valence-corrected chi connectivity index (χ4v) is 4.44. The van der Waals surface area contributed by atoms with Gasteiger partial charge in [0.05, 0.1) is 14.2 Å². The molecule has 25 heavy (non-hydrogen) atoms. The monoisotopic (exact) mass is 370 g/mol. The maximum Gasteiger partial charge on any atom is 0.246 e. The number of hydrogen-bond acceptors (Lipinski definition) is 5. The van der Waals surface area contributed by atoms with E-state index in [0.717, 1.165) is 25.7 Å². The third kappa shape index (κ3) is 5.09. The maximum atomic E-state index is 13.1. The second-order valence-corrected chi connectivity index (χ2v) is 7.84. The van der Waals surface area contributed by atoms with E-state index >= 15 is 0 Å². The van der Waals surface area contributed by atoms with Gasteiger partial charge in [-0.05, 0) is 25.0 Å². The Bertz CT molecular complexity index is 690. The van der Waals surface area contributed by atoms with Gasteiger partial charge >= 0.3 is 0 Å². The highest BCUT2D eigenvalue weighted by Crippen LogP contribution is 2.31. The molecule has 0 unspecified atom stereocenters. The number of ether oxygens (including phenoxy) is 2. The van der Waals surface area contributed by atoms with E-state index in [1.165, 1.54) is 24.6 Å². The molecule has 1 heterocycles. The number of rotatable bonds is 4. The van der Waals surface area contributed by atoms with E-state index in [4.69, 9.17) is 9.47 Å². The summed E-state index contributed by atoms with van der Waals surface area (Å²) >= 11 is 0. The lowest BCUT2D eigenvalue weighted by molar-refractivity contribution is -0.121. The molecule has 1 N–H and O–H groups in total. The van der Waals surface area contributed by atoms with Crippen molar-refractivity contribution in [2.24, 2.45) is 0 Å². The Morgan fingerprint density at radius 3 is 2.52 bits per heavy atom. The predicted octanol–water partition coefficient (Wildman–Crippen LogP) is 1.77. The van der Waals surface area contributed by atoms with Crippen molar-refractivity contribution in [3.05, 3.63) is 18.2 Å². The molecule has 1 aromatic carbocycles. The Balaban J connectivity index is 2.32. The number of hydrogen-bond donors (Lipinski definition) is 1. The van der Waals surface area contributed by atoms with Crippen LogP contribution in [0.15, 0.2) is 23.1 Å². The molecule has 1 amide bonds. The quantitative estimate of drug-likeness (QED) is 0.873. The summed E-state index contributed by atoms with van der Waals surface area (Å²) in [6.07, 6.45) is 3.72. The molecule has 1 aromatic rings. The van der Waals surface area contributed by atoms with E-state index in [9.17, 15) is 13.2 Å². The van der Waals surface area contributed by atoms with Crippen LogP contribution in [-0.2, 0) is 14.8 Å². The molecule has 0 saturated carbocycles. The first-order valence-electron chi connectivity index (χ1n) is 8.48. The summed E-state index contributed by atoms with van der Waals surface area (Å²) in [5, 5.41) is 2.83. The summed E-state index contributed by atoms with van der Waals surface area (Å²) < 4.78 is 38.0. The average Bonchev–Trinajstić information content (AvgIpc) is 2.66. The maximum absolute atomic E-state index is 13.1. The number of nitrogens with one attached hydrogen (secondary N) is 1. The minimum absolute atomic E-state index is 0.0598. The topological polar surface area (TPSA) is 84.9 Å². The molecular formula is C17H26N2O5S. The van der Waals surface area contributed by atoms with Crippen molar-refractivity contribution in [3.63, 3.8) is 0 Å². The molecule has 0 bridgehead atoms. The largest absolute Gasteiger partial charge is 0.497 e. The first kappa shape index (κ1) is 19.5. The van der Waals surface area contributed by atoms with Gasteiger partial charge in [-0.25, -0.2) is 8.42 Å². The van der Waals surface area contributed by atoms with Crippen LogP contribution < -0.4 is 14.8 Å². The molecule has 140 valence electrons. The summed E-state index contributed by atoms with van der Waals surface area (Å²) in [5.74, 6) is 0.578. The van der Waals surface area contributed by atoms with E-state index in [1.54, 1.807) is 12.1 Å². The number of benzene rings is 1. The van der Waals surface area contributed by atoms with Crippen molar-refractivity contribution >= 4 is 15.9 Å². The van der Waals surface area contributed by atoms with Crippen LogP contribution >= 0.6 is 0 Å². The van der Waals surface area contributed by atoms with Crippen LogP contribution in [0.3, 0.4) is 0 Å². The first-order chi connectivity index (χ1) is 12.0. The van der Waals surface area contributed by atoms with Gasteiger partial charge < -0.3 is 14.8 Å². The summed E-state index contributed by atoms with van der Waals surface area (Å²) in [7, 11) is -0.878. The number of carbonyl (C=O) groups is 1. The third-order valence-electron chi connectivity index (χ3n) is 4.23. The molecule has 2 rings (SSSR count). The second kappa shape index (κ2) is 9.05. The van der Waals surface area contributed by atoms with Crippen LogP contribution in [-0.4, -0.2) is 52.5 Å². The SMILES string of the molecule is COc1ccc(OC)c(S(=O)(=O)N2CCCCCCNC(=O)CC2)c1. The van der Waals surface area contributed by atoms with Crippen LogP contribution in [0.5, 0.6) is 11.5 Å². The summed E-state index contributed by atoms with van der Waals surface area (Å²) in [4.78, 5) is 11.9. The molecule has 1 aliphatic rings. The van der Waals surface area contributed by atoms with E-state index in [1.807, 2.05) is 0 Å². The summed E-state index contributed by atoms with van der Waals surface area (Å²) in [6, 6.07) is 4.68. The lowest BCUT2D eigenvalue weighted by Crippen LogP contribution is -2.36. The van der Waals surface area contributed by atoms with Crippen molar-refractivity contribution < 1.29 is 22.7 Å². The van der Waals surface area contributed by atoms with Crippen LogP contribution in [0.2, 0.25) is 0 Å². The highest BCUT2D eigenvalue weighted by molar-refractivity contribution is 7.89. The number of carbonyl (C=O) groups excluding carboxylic acids is 1. The molecule has 1 aliphatic heterocycles. The Hall–Kier alpha value is -1.80. The van der Waals surface area contributed by atoms with Crippen LogP contribution in [0.25, 0.3) is 0 Å². The zero-order valence-corrected chi connectivity index (χ0v) is 15.6. The van der Waals surface area contributed by atoms with Gasteiger partial charge in [-0.15, -0.1) is 0 Å². The van der Waals surface area contributed by atoms with Gasteiger partial charge in [0.25, 0.3) is 0 Å². The van der Waals surface area contributed by atoms with E-state index in [2.05, 4.69) is 5.32 Å². The van der Waals surface area contributed by atoms with Gasteiger partial charge in [-0.1, -0.05) is 12.8 Å². The zero-order valence-electron chi connectivity index (χ0n) is 14.8. The Kier molecular flexibility index (Phi) is 7.07. The van der Waals surface area contributed by atoms with Crippen molar-refractivity contribution in [3.8, 4) is 11.5 Å². The van der Waals surface area contributed by atoms with Crippen molar-refractivity contribution in [1.82, 2.24) is 9.62 Å². The fraction of sp³-hybridized carbons (Fsp3) is 0.588. The van der Waals surface area contributed by atoms with Crippen LogP contribution in [0.1, 0.15) is 32.1 Å². The standard InChI is InChI=1S/C17H26N2O5S/c1-23-14-7-8-15(24-2)16(13-14)25(21,22)19-11-6-4-3-5-10-18-17(20)9-12-19/h7-8,13H,3-6,9-12H2,1-2H3,(H,18,20). The van der Waals surface area contributed by atoms with Gasteiger partial charge in [0.15, 0.2) is 0 Å². The van der Waals surface area contributed by atoms with Gasteiger partial charge in [0.2, 0.25) is 15.9 Å². The Morgan fingerprint density at radius 1 is 1.04 bits per heavy atom. The number of methoxy groups -OCH3 is 2. The highest BCUT2D eigenvalue weighted by Gasteiger charge is 2.28. The molecule has 1 fully saturated rings. The molecule has 8 heteroatoms. The van der Waals surface area contributed by atoms with E-state index in [-0.39, 0.29) is 29.5 Å². The Labute approximate surface area is 149 Å². The van der Waals surface area contributed by atoms with Crippen LogP contribution in [0.4, 0.5) is 0 Å². The van der Waals surface area contributed by atoms with Crippen molar-refractivity contribution in [1.29, 1.82) is 0 Å². The molecule has 1 saturated heterocycles. The zero-order chi connectivity index (χ0) is 18.3. The molecule has 0 radical (unpaired) electrons. The highest BCUT2D eigenvalue weighted by atomic mass is 32.2. The summed E-state index contributed by atoms with van der Waals surface area (Å²) in [5.41, 5.74) is 0. The molecule has 7 nitrogen and oxygen atoms in total. The fourth-order valence-electron chi connectivity index (χ4n) is 2.79. The van der Waals surface area contributed by atoms with Crippen molar-refractivity contribution in [2.45, 2.75) is 37.0 Å². The normalized spacial score (nSPS) is 18.1. The molecule has 0 aromatic heterocycles. The molecule has 0 atom stereocenters. The average molecular weight is 370 g/mol. The van der Waals surface area contributed by atoms with E-state index < -0.39 is 10.0 Å². The third-order valence-corrected chi connectivity index (χ3v) is 6.15. The van der Waals surface area contributed by atoms with Gasteiger partial charge in [0.1, 0.15) is 16.4 Å². The lowest BCUT2D eigenvalue weighted by atomic mass is 10.2. The smallest absolute Gasteiger partial charge is 0.246 e. The molecular weight excluding hydrogens is 344 g/mol. The van der Waals surface area contributed by atoms with E-state index in [0.29, 0.717) is 18.8 Å². The van der Waals surface area contributed by atoms with Gasteiger partial charge in [0, 0.05) is 32.1 Å². The minimum Gasteiger partial charge on any atom is -0.497 e. The number of amides is 1. The number of nitrogens with zero attached hydrogens (tertiary/aromatic N) is 1. The predicted molar refractivity (Wildman–Crippen MR) is 94.4 cm³/mol. The number of sulfonamides is 1. The van der Waals surface area contributed by atoms with Gasteiger partial charge in [-0.2, -0.15) is 4.31 Å². The molecule has 0 aliphatic carbocycles. The van der Waals surface area contributed by atoms with Crippen LogP contribution in [0, 0.1) is 0 Å². The minimum atomic E-state index is -3.79. The second-order valence-electron chi connectivity index (χ2n) is 5.94. The lowest BCUT2D eigenvalue weighted by Gasteiger charge is -2.23. The Morgan fingerprint density at radius 2 is 1.80 bits per heavy atom. The molecule has 0 spiro atoms. The first-order valence-corrected chi connectivity index (χ1v) is 9.92.